The molecule has 0 unspecified atom stereocenters. The van der Waals surface area contributed by atoms with E-state index in [4.69, 9.17) is 19.7 Å². The lowest BCUT2D eigenvalue weighted by atomic mass is 9.79. The van der Waals surface area contributed by atoms with Gasteiger partial charge in [0.2, 0.25) is 0 Å². The smallest absolute Gasteiger partial charge is 0.126 e. The third kappa shape index (κ3) is 4.89. The van der Waals surface area contributed by atoms with Gasteiger partial charge in [-0.25, -0.2) is 0 Å². The number of aliphatic hydroxyl groups excluding tert-OH is 2. The molecule has 1 aromatic carbocycles. The lowest BCUT2D eigenvalue weighted by Crippen LogP contribution is -2.20. The van der Waals surface area contributed by atoms with Crippen molar-refractivity contribution in [2.24, 2.45) is 0 Å². The maximum atomic E-state index is 9.03. The minimum absolute atomic E-state index is 0.0303. The molecule has 0 saturated heterocycles. The first-order chi connectivity index (χ1) is 10.1. The number of ether oxygens (including phenoxy) is 2. The highest BCUT2D eigenvalue weighted by Gasteiger charge is 2.26. The van der Waals surface area contributed by atoms with Gasteiger partial charge in [0.25, 0.3) is 0 Å². The molecule has 0 amide bonds. The number of aliphatic hydroxyl groups is 2. The highest BCUT2D eigenvalue weighted by Crippen LogP contribution is 2.41. The lowest BCUT2D eigenvalue weighted by Gasteiger charge is -2.29. The SMILES string of the molecule is CC(C)(C)c1cc(C(C)(C)C)c(OCCO)cc1OCCO. The highest BCUT2D eigenvalue weighted by molar-refractivity contribution is 5.51. The Kier molecular flexibility index (Phi) is 6.27. The van der Waals surface area contributed by atoms with Crippen molar-refractivity contribution < 1.29 is 19.7 Å². The second-order valence-corrected chi connectivity index (χ2v) is 7.49. The van der Waals surface area contributed by atoms with Crippen LogP contribution in [0, 0.1) is 0 Å². The van der Waals surface area contributed by atoms with E-state index < -0.39 is 0 Å². The summed E-state index contributed by atoms with van der Waals surface area (Å²) in [5.41, 5.74) is 2.00. The molecule has 0 heterocycles. The first-order valence-electron chi connectivity index (χ1n) is 7.77. The lowest BCUT2D eigenvalue weighted by molar-refractivity contribution is 0.191. The Balaban J connectivity index is 3.42. The Labute approximate surface area is 134 Å². The molecule has 0 aliphatic heterocycles. The van der Waals surface area contributed by atoms with Crippen LogP contribution in [0.1, 0.15) is 52.7 Å². The zero-order valence-electron chi connectivity index (χ0n) is 14.7. The topological polar surface area (TPSA) is 58.9 Å². The molecular weight excluding hydrogens is 280 g/mol. The van der Waals surface area contributed by atoms with E-state index in [-0.39, 0.29) is 37.3 Å². The first-order valence-corrected chi connectivity index (χ1v) is 7.77. The normalized spacial score (nSPS) is 12.4. The van der Waals surface area contributed by atoms with Crippen molar-refractivity contribution >= 4 is 0 Å². The van der Waals surface area contributed by atoms with Gasteiger partial charge in [-0.2, -0.15) is 0 Å². The molecule has 0 aliphatic rings. The summed E-state index contributed by atoms with van der Waals surface area (Å²) in [6, 6.07) is 4.01. The molecule has 4 nitrogen and oxygen atoms in total. The van der Waals surface area contributed by atoms with Gasteiger partial charge < -0.3 is 19.7 Å². The second-order valence-electron chi connectivity index (χ2n) is 7.49. The van der Waals surface area contributed by atoms with Gasteiger partial charge in [0, 0.05) is 17.2 Å². The summed E-state index contributed by atoms with van der Waals surface area (Å²) in [4.78, 5) is 0. The van der Waals surface area contributed by atoms with Gasteiger partial charge in [0.15, 0.2) is 0 Å². The average Bonchev–Trinajstić information content (AvgIpc) is 2.39. The maximum absolute atomic E-state index is 9.03. The number of rotatable bonds is 6. The number of hydrogen-bond donors (Lipinski definition) is 2. The van der Waals surface area contributed by atoms with Crippen molar-refractivity contribution in [2.45, 2.75) is 52.4 Å². The van der Waals surface area contributed by atoms with Crippen molar-refractivity contribution in [2.75, 3.05) is 26.4 Å². The predicted octanol–water partition coefficient (Wildman–Crippen LogP) is 3.02. The van der Waals surface area contributed by atoms with Crippen LogP contribution >= 0.6 is 0 Å². The summed E-state index contributed by atoms with van der Waals surface area (Å²) >= 11 is 0. The first kappa shape index (κ1) is 18.8. The van der Waals surface area contributed by atoms with Gasteiger partial charge >= 0.3 is 0 Å². The average molecular weight is 310 g/mol. The molecule has 0 aliphatic carbocycles. The molecule has 0 fully saturated rings. The maximum Gasteiger partial charge on any atom is 0.126 e. The highest BCUT2D eigenvalue weighted by atomic mass is 16.5. The summed E-state index contributed by atoms with van der Waals surface area (Å²) in [6.45, 7) is 13.2. The molecule has 126 valence electrons. The van der Waals surface area contributed by atoms with Gasteiger partial charge in [-0.3, -0.25) is 0 Å². The van der Waals surface area contributed by atoms with Gasteiger partial charge in [-0.15, -0.1) is 0 Å². The van der Waals surface area contributed by atoms with Crippen LogP contribution in [0.3, 0.4) is 0 Å². The summed E-state index contributed by atoms with van der Waals surface area (Å²) in [5.74, 6) is 1.45. The summed E-state index contributed by atoms with van der Waals surface area (Å²) in [7, 11) is 0. The minimum Gasteiger partial charge on any atom is -0.491 e. The van der Waals surface area contributed by atoms with Crippen LogP contribution in [0.5, 0.6) is 11.5 Å². The van der Waals surface area contributed by atoms with E-state index in [0.717, 1.165) is 22.6 Å². The Bertz CT molecular complexity index is 440. The van der Waals surface area contributed by atoms with Crippen LogP contribution in [-0.4, -0.2) is 36.6 Å². The molecular formula is C18H30O4. The molecule has 0 atom stereocenters. The standard InChI is InChI=1S/C18H30O4/c1-17(2,3)13-11-14(18(4,5)6)16(22-10-8-20)12-15(13)21-9-7-19/h11-12,19-20H,7-10H2,1-6H3. The van der Waals surface area contributed by atoms with E-state index in [0.29, 0.717) is 0 Å². The molecule has 1 aromatic rings. The van der Waals surface area contributed by atoms with E-state index in [1.54, 1.807) is 0 Å². The molecule has 0 spiro atoms. The van der Waals surface area contributed by atoms with Crippen molar-refractivity contribution in [3.05, 3.63) is 23.3 Å². The molecule has 1 rings (SSSR count). The summed E-state index contributed by atoms with van der Waals surface area (Å²) < 4.78 is 11.4. The molecule has 4 heteroatoms. The quantitative estimate of drug-likeness (QED) is 0.848. The summed E-state index contributed by atoms with van der Waals surface area (Å²) in [6.07, 6.45) is 0. The van der Waals surface area contributed by atoms with Crippen molar-refractivity contribution in [3.63, 3.8) is 0 Å². The fourth-order valence-electron chi connectivity index (χ4n) is 2.28. The van der Waals surface area contributed by atoms with Gasteiger partial charge in [0.05, 0.1) is 13.2 Å². The van der Waals surface area contributed by atoms with Crippen LogP contribution in [0.2, 0.25) is 0 Å². The van der Waals surface area contributed by atoms with Crippen LogP contribution in [0.15, 0.2) is 12.1 Å². The molecule has 22 heavy (non-hydrogen) atoms. The van der Waals surface area contributed by atoms with Crippen LogP contribution in [-0.2, 0) is 10.8 Å². The number of hydrogen-bond acceptors (Lipinski definition) is 4. The Morgan fingerprint density at radius 3 is 1.36 bits per heavy atom. The monoisotopic (exact) mass is 310 g/mol. The van der Waals surface area contributed by atoms with Crippen LogP contribution in [0.4, 0.5) is 0 Å². The Morgan fingerprint density at radius 1 is 0.727 bits per heavy atom. The Hall–Kier alpha value is -1.26. The molecule has 0 bridgehead atoms. The predicted molar refractivity (Wildman–Crippen MR) is 89.0 cm³/mol. The fraction of sp³-hybridized carbons (Fsp3) is 0.667. The van der Waals surface area contributed by atoms with E-state index >= 15 is 0 Å². The van der Waals surface area contributed by atoms with Crippen molar-refractivity contribution in [1.29, 1.82) is 0 Å². The fourth-order valence-corrected chi connectivity index (χ4v) is 2.28. The largest absolute Gasteiger partial charge is 0.491 e. The van der Waals surface area contributed by atoms with Crippen LogP contribution in [0.25, 0.3) is 0 Å². The van der Waals surface area contributed by atoms with Crippen molar-refractivity contribution in [1.82, 2.24) is 0 Å². The van der Waals surface area contributed by atoms with E-state index in [1.807, 2.05) is 6.07 Å². The third-order valence-corrected chi connectivity index (χ3v) is 3.40. The van der Waals surface area contributed by atoms with Crippen molar-refractivity contribution in [3.8, 4) is 11.5 Å². The van der Waals surface area contributed by atoms with Gasteiger partial charge in [-0.05, 0) is 16.9 Å². The van der Waals surface area contributed by atoms with E-state index in [2.05, 4.69) is 47.6 Å². The van der Waals surface area contributed by atoms with Gasteiger partial charge in [0.1, 0.15) is 24.7 Å². The van der Waals surface area contributed by atoms with E-state index in [9.17, 15) is 0 Å². The third-order valence-electron chi connectivity index (χ3n) is 3.40. The number of benzene rings is 1. The minimum atomic E-state index is -0.0830. The summed E-state index contributed by atoms with van der Waals surface area (Å²) in [5, 5.41) is 18.1. The zero-order chi connectivity index (χ0) is 17.0. The second kappa shape index (κ2) is 7.34. The van der Waals surface area contributed by atoms with E-state index in [1.165, 1.54) is 0 Å². The Morgan fingerprint density at radius 2 is 1.09 bits per heavy atom. The van der Waals surface area contributed by atoms with Gasteiger partial charge in [-0.1, -0.05) is 41.5 Å². The zero-order valence-corrected chi connectivity index (χ0v) is 14.7. The van der Waals surface area contributed by atoms with Crippen LogP contribution < -0.4 is 9.47 Å². The molecule has 0 radical (unpaired) electrons. The molecule has 2 N–H and O–H groups in total. The molecule has 0 saturated carbocycles. The molecule has 0 aromatic heterocycles.